The molecule has 0 aliphatic heterocycles. The van der Waals surface area contributed by atoms with Gasteiger partial charge in [0.25, 0.3) is 10.1 Å². The van der Waals surface area contributed by atoms with Crippen molar-refractivity contribution in [3.05, 3.63) is 42.5 Å². The van der Waals surface area contributed by atoms with E-state index in [0.717, 1.165) is 23.6 Å². The van der Waals surface area contributed by atoms with Crippen LogP contribution in [0.3, 0.4) is 0 Å². The molecular formula is C16H21NO4S. The summed E-state index contributed by atoms with van der Waals surface area (Å²) in [5, 5.41) is 10.7. The van der Waals surface area contributed by atoms with Crippen LogP contribution < -0.4 is 5.73 Å². The van der Waals surface area contributed by atoms with E-state index in [0.29, 0.717) is 18.6 Å². The van der Waals surface area contributed by atoms with Gasteiger partial charge in [-0.1, -0.05) is 42.8 Å². The molecule has 0 saturated heterocycles. The minimum absolute atomic E-state index is 0.0596. The first-order chi connectivity index (χ1) is 10.4. The Labute approximate surface area is 130 Å². The van der Waals surface area contributed by atoms with Gasteiger partial charge in [-0.25, -0.2) is 0 Å². The van der Waals surface area contributed by atoms with Gasteiger partial charge in [-0.3, -0.25) is 4.55 Å². The Kier molecular flexibility index (Phi) is 5.39. The molecule has 0 aromatic heterocycles. The molecule has 1 aliphatic carbocycles. The van der Waals surface area contributed by atoms with Crippen molar-refractivity contribution in [3.8, 4) is 5.75 Å². The van der Waals surface area contributed by atoms with Crippen LogP contribution in [0.2, 0.25) is 0 Å². The Morgan fingerprint density at radius 1 is 1.05 bits per heavy atom. The molecule has 1 fully saturated rings. The highest BCUT2D eigenvalue weighted by Gasteiger charge is 2.28. The second kappa shape index (κ2) is 7.09. The van der Waals surface area contributed by atoms with Gasteiger partial charge in [0.2, 0.25) is 0 Å². The lowest BCUT2D eigenvalue weighted by Gasteiger charge is -2.23. The molecule has 3 rings (SSSR count). The fourth-order valence-corrected chi connectivity index (χ4v) is 3.61. The van der Waals surface area contributed by atoms with E-state index in [4.69, 9.17) is 10.3 Å². The van der Waals surface area contributed by atoms with E-state index in [1.165, 1.54) is 0 Å². The Bertz CT molecular complexity index is 725. The maximum atomic E-state index is 10.6. The van der Waals surface area contributed by atoms with E-state index in [2.05, 4.69) is 0 Å². The number of aromatic hydroxyl groups is 1. The fourth-order valence-electron chi connectivity index (χ4n) is 2.66. The number of nitrogens with two attached hydrogens (primary N) is 1. The maximum Gasteiger partial charge on any atom is 0.267 e. The van der Waals surface area contributed by atoms with Gasteiger partial charge < -0.3 is 10.8 Å². The van der Waals surface area contributed by atoms with Crippen LogP contribution in [0.25, 0.3) is 10.8 Å². The summed E-state index contributed by atoms with van der Waals surface area (Å²) >= 11 is 0. The quantitative estimate of drug-likeness (QED) is 0.701. The molecular weight excluding hydrogens is 302 g/mol. The smallest absolute Gasteiger partial charge is 0.267 e. The van der Waals surface area contributed by atoms with Gasteiger partial charge >= 0.3 is 0 Å². The zero-order valence-corrected chi connectivity index (χ0v) is 13.0. The molecule has 120 valence electrons. The van der Waals surface area contributed by atoms with Gasteiger partial charge in [-0.05, 0) is 30.7 Å². The van der Waals surface area contributed by atoms with Crippen LogP contribution in [0.4, 0.5) is 0 Å². The zero-order chi connectivity index (χ0) is 16.2. The minimum atomic E-state index is -3.84. The van der Waals surface area contributed by atoms with E-state index in [-0.39, 0.29) is 6.04 Å². The Balaban J connectivity index is 0.000000160. The number of phenols is 1. The predicted molar refractivity (Wildman–Crippen MR) is 87.4 cm³/mol. The third kappa shape index (κ3) is 4.43. The molecule has 2 atom stereocenters. The van der Waals surface area contributed by atoms with Crippen LogP contribution >= 0.6 is 0 Å². The first-order valence-corrected chi connectivity index (χ1v) is 8.77. The minimum Gasteiger partial charge on any atom is -0.507 e. The van der Waals surface area contributed by atoms with Gasteiger partial charge in [0.05, 0.1) is 5.25 Å². The number of benzene rings is 2. The molecule has 4 N–H and O–H groups in total. The van der Waals surface area contributed by atoms with Crippen molar-refractivity contribution in [1.29, 1.82) is 0 Å². The zero-order valence-electron chi connectivity index (χ0n) is 12.2. The van der Waals surface area contributed by atoms with E-state index in [9.17, 15) is 13.5 Å². The molecule has 2 aromatic rings. The van der Waals surface area contributed by atoms with Crippen molar-refractivity contribution in [3.63, 3.8) is 0 Å². The third-order valence-electron chi connectivity index (χ3n) is 3.85. The molecule has 6 heteroatoms. The molecule has 2 unspecified atom stereocenters. The molecule has 0 spiro atoms. The summed E-state index contributed by atoms with van der Waals surface area (Å²) in [6.07, 6.45) is 2.61. The summed E-state index contributed by atoms with van der Waals surface area (Å²) in [7, 11) is -3.84. The lowest BCUT2D eigenvalue weighted by Crippen LogP contribution is -2.34. The summed E-state index contributed by atoms with van der Waals surface area (Å²) in [4.78, 5) is 0. The molecule has 1 aliphatic rings. The molecule has 5 nitrogen and oxygen atoms in total. The van der Waals surface area contributed by atoms with Crippen molar-refractivity contribution in [2.24, 2.45) is 5.73 Å². The molecule has 0 bridgehead atoms. The number of rotatable bonds is 1. The van der Waals surface area contributed by atoms with E-state index >= 15 is 0 Å². The summed E-state index contributed by atoms with van der Waals surface area (Å²) in [5.74, 6) is 0.350. The summed E-state index contributed by atoms with van der Waals surface area (Å²) < 4.78 is 29.9. The summed E-state index contributed by atoms with van der Waals surface area (Å²) in [6, 6.07) is 13.2. The average molecular weight is 323 g/mol. The molecule has 1 saturated carbocycles. The fraction of sp³-hybridized carbons (Fsp3) is 0.375. The highest BCUT2D eigenvalue weighted by Crippen LogP contribution is 2.23. The van der Waals surface area contributed by atoms with Gasteiger partial charge in [-0.15, -0.1) is 0 Å². The Hall–Kier alpha value is -1.63. The van der Waals surface area contributed by atoms with E-state index in [1.54, 1.807) is 6.07 Å². The standard InChI is InChI=1S/C10H8O.C6H13NO3S/c11-10-7-3-5-8-4-1-2-6-9(8)10;7-5-2-1-3-6(4-5)11(8,9)10/h1-7,11H;5-6H,1-4,7H2,(H,8,9,10). The largest absolute Gasteiger partial charge is 0.507 e. The van der Waals surface area contributed by atoms with E-state index < -0.39 is 15.4 Å². The Morgan fingerprint density at radius 2 is 1.73 bits per heavy atom. The second-order valence-electron chi connectivity index (χ2n) is 5.56. The first kappa shape index (κ1) is 16.7. The van der Waals surface area contributed by atoms with Crippen molar-refractivity contribution < 1.29 is 18.1 Å². The number of hydrogen-bond donors (Lipinski definition) is 3. The molecule has 0 amide bonds. The lowest BCUT2D eigenvalue weighted by molar-refractivity contribution is 0.398. The van der Waals surface area contributed by atoms with Gasteiger partial charge in [-0.2, -0.15) is 8.42 Å². The molecule has 2 aromatic carbocycles. The van der Waals surface area contributed by atoms with Gasteiger partial charge in [0, 0.05) is 11.4 Å². The number of hydrogen-bond acceptors (Lipinski definition) is 4. The highest BCUT2D eigenvalue weighted by atomic mass is 32.2. The van der Waals surface area contributed by atoms with Crippen molar-refractivity contribution in [2.75, 3.05) is 0 Å². The third-order valence-corrected chi connectivity index (χ3v) is 5.13. The first-order valence-electron chi connectivity index (χ1n) is 7.26. The van der Waals surface area contributed by atoms with Crippen LogP contribution in [0.15, 0.2) is 42.5 Å². The Morgan fingerprint density at radius 3 is 2.32 bits per heavy atom. The normalized spacial score (nSPS) is 21.9. The average Bonchev–Trinajstić information content (AvgIpc) is 2.48. The van der Waals surface area contributed by atoms with Crippen LogP contribution in [-0.4, -0.2) is 29.4 Å². The molecule has 0 radical (unpaired) electrons. The maximum absolute atomic E-state index is 10.6. The van der Waals surface area contributed by atoms with Crippen LogP contribution in [0.1, 0.15) is 25.7 Å². The monoisotopic (exact) mass is 323 g/mol. The predicted octanol–water partition coefficient (Wildman–Crippen LogP) is 2.69. The highest BCUT2D eigenvalue weighted by molar-refractivity contribution is 7.86. The molecule has 0 heterocycles. The van der Waals surface area contributed by atoms with Crippen LogP contribution in [-0.2, 0) is 10.1 Å². The van der Waals surface area contributed by atoms with Crippen LogP contribution in [0, 0.1) is 0 Å². The van der Waals surface area contributed by atoms with Crippen molar-refractivity contribution in [2.45, 2.75) is 37.0 Å². The summed E-state index contributed by atoms with van der Waals surface area (Å²) in [5.41, 5.74) is 5.55. The van der Waals surface area contributed by atoms with Crippen molar-refractivity contribution >= 4 is 20.9 Å². The summed E-state index contributed by atoms with van der Waals surface area (Å²) in [6.45, 7) is 0. The number of fused-ring (bicyclic) bond motifs is 1. The second-order valence-corrected chi connectivity index (χ2v) is 7.26. The SMILES string of the molecule is NC1CCCC(S(=O)(=O)O)C1.Oc1cccc2ccccc12. The van der Waals surface area contributed by atoms with Gasteiger partial charge in [0.1, 0.15) is 5.75 Å². The molecule has 22 heavy (non-hydrogen) atoms. The van der Waals surface area contributed by atoms with Crippen LogP contribution in [0.5, 0.6) is 5.75 Å². The number of phenolic OH excluding ortho intramolecular Hbond substituents is 1. The lowest BCUT2D eigenvalue weighted by atomic mass is 9.96. The van der Waals surface area contributed by atoms with Gasteiger partial charge in [0.15, 0.2) is 0 Å². The van der Waals surface area contributed by atoms with E-state index in [1.807, 2.05) is 36.4 Å². The van der Waals surface area contributed by atoms with Crippen molar-refractivity contribution in [1.82, 2.24) is 0 Å². The topological polar surface area (TPSA) is 101 Å².